The molecule has 0 bridgehead atoms. The number of thiazole rings is 1. The first-order chi connectivity index (χ1) is 18.3. The summed E-state index contributed by atoms with van der Waals surface area (Å²) in [5.41, 5.74) is 0.535. The van der Waals surface area contributed by atoms with Crippen molar-refractivity contribution in [2.75, 3.05) is 19.6 Å². The summed E-state index contributed by atoms with van der Waals surface area (Å²) in [5, 5.41) is 38.1. The van der Waals surface area contributed by atoms with Crippen LogP contribution in [0.4, 0.5) is 0 Å². The second-order valence-corrected chi connectivity index (χ2v) is 11.0. The predicted octanol–water partition coefficient (Wildman–Crippen LogP) is 2.71. The number of aliphatic hydroxyl groups is 1. The Morgan fingerprint density at radius 1 is 1.03 bits per heavy atom. The predicted molar refractivity (Wildman–Crippen MR) is 146 cm³/mol. The van der Waals surface area contributed by atoms with E-state index in [0.29, 0.717) is 6.42 Å². The fourth-order valence-corrected chi connectivity index (χ4v) is 5.18. The maximum Gasteiger partial charge on any atom is 0.336 e. The average molecular weight is 564 g/mol. The van der Waals surface area contributed by atoms with E-state index in [-0.39, 0.29) is 11.9 Å². The number of nitrogens with zero attached hydrogens (tertiary/aromatic N) is 2. The van der Waals surface area contributed by atoms with Crippen molar-refractivity contribution >= 4 is 35.2 Å². The number of carbonyl (C=O) groups is 4. The van der Waals surface area contributed by atoms with Crippen LogP contribution in [0, 0.1) is 13.8 Å². The SMILES string of the molecule is CCC(CN1CCCC1)NC(=O)Cc1sc(C)nc1-c1ccc(C)cc1.O=C(O)CC(O)(CC(=O)O)C(=O)O. The zero-order valence-corrected chi connectivity index (χ0v) is 23.3. The molecule has 214 valence electrons. The molecule has 1 amide bonds. The first-order valence-corrected chi connectivity index (χ1v) is 13.6. The molecule has 0 saturated carbocycles. The van der Waals surface area contributed by atoms with Crippen LogP contribution in [0.25, 0.3) is 11.3 Å². The number of aryl methyl sites for hydroxylation is 2. The lowest BCUT2D eigenvalue weighted by Crippen LogP contribution is -2.43. The molecule has 0 spiro atoms. The standard InChI is InChI=1S/C21H29N3OS.C6H8O7/c1-4-18(14-24-11-5-6-12-24)23-20(25)13-19-21(22-16(3)26-19)17-9-7-15(2)8-10-17;7-3(8)1-6(13,5(11)12)2-4(9)10/h7-10,18H,4-6,11-14H2,1-3H3,(H,23,25);13H,1-2H2,(H,7,8)(H,9,10)(H,11,12). The highest BCUT2D eigenvalue weighted by molar-refractivity contribution is 7.12. The molecule has 2 aromatic rings. The second-order valence-electron chi connectivity index (χ2n) is 9.71. The molecule has 3 rings (SSSR count). The van der Waals surface area contributed by atoms with Crippen molar-refractivity contribution in [3.63, 3.8) is 0 Å². The van der Waals surface area contributed by atoms with Crippen molar-refractivity contribution in [1.82, 2.24) is 15.2 Å². The van der Waals surface area contributed by atoms with Gasteiger partial charge < -0.3 is 30.6 Å². The number of carbonyl (C=O) groups excluding carboxylic acids is 1. The first kappa shape index (κ1) is 31.9. The van der Waals surface area contributed by atoms with E-state index in [1.807, 2.05) is 6.92 Å². The van der Waals surface area contributed by atoms with Crippen LogP contribution in [0.3, 0.4) is 0 Å². The molecular formula is C27H37N3O8S. The van der Waals surface area contributed by atoms with Gasteiger partial charge in [0, 0.05) is 23.0 Å². The van der Waals surface area contributed by atoms with E-state index < -0.39 is 36.4 Å². The van der Waals surface area contributed by atoms with Gasteiger partial charge in [0.05, 0.1) is 30.0 Å². The fourth-order valence-electron chi connectivity index (χ4n) is 4.22. The Kier molecular flexibility index (Phi) is 12.0. The third-order valence-corrected chi connectivity index (χ3v) is 7.24. The van der Waals surface area contributed by atoms with Gasteiger partial charge in [-0.05, 0) is 46.2 Å². The van der Waals surface area contributed by atoms with Crippen molar-refractivity contribution in [2.24, 2.45) is 0 Å². The summed E-state index contributed by atoms with van der Waals surface area (Å²) in [4.78, 5) is 51.3. The van der Waals surface area contributed by atoms with Crippen molar-refractivity contribution in [3.05, 3.63) is 39.7 Å². The van der Waals surface area contributed by atoms with Crippen LogP contribution in [-0.4, -0.2) is 85.4 Å². The number of carboxylic acid groups (broad SMARTS) is 3. The van der Waals surface area contributed by atoms with Gasteiger partial charge in [0.25, 0.3) is 0 Å². The molecule has 1 atom stereocenters. The quantitative estimate of drug-likeness (QED) is 0.258. The van der Waals surface area contributed by atoms with Gasteiger partial charge in [-0.3, -0.25) is 14.4 Å². The molecule has 1 aliphatic rings. The zero-order valence-electron chi connectivity index (χ0n) is 22.5. The highest BCUT2D eigenvalue weighted by atomic mass is 32.1. The number of amides is 1. The van der Waals surface area contributed by atoms with E-state index in [0.717, 1.165) is 47.2 Å². The third-order valence-electron chi connectivity index (χ3n) is 6.27. The molecule has 1 saturated heterocycles. The van der Waals surface area contributed by atoms with Crippen LogP contribution in [0.5, 0.6) is 0 Å². The van der Waals surface area contributed by atoms with Crippen molar-refractivity contribution in [1.29, 1.82) is 0 Å². The van der Waals surface area contributed by atoms with Gasteiger partial charge in [0.1, 0.15) is 0 Å². The molecule has 39 heavy (non-hydrogen) atoms. The molecule has 1 fully saturated rings. The van der Waals surface area contributed by atoms with Crippen molar-refractivity contribution in [3.8, 4) is 11.3 Å². The smallest absolute Gasteiger partial charge is 0.336 e. The van der Waals surface area contributed by atoms with Gasteiger partial charge in [-0.2, -0.15) is 0 Å². The van der Waals surface area contributed by atoms with Gasteiger partial charge in [0.2, 0.25) is 5.91 Å². The number of nitrogens with one attached hydrogen (secondary N) is 1. The van der Waals surface area contributed by atoms with Gasteiger partial charge in [-0.25, -0.2) is 9.78 Å². The van der Waals surface area contributed by atoms with Crippen LogP contribution in [0.2, 0.25) is 0 Å². The van der Waals surface area contributed by atoms with Gasteiger partial charge in [0.15, 0.2) is 5.60 Å². The van der Waals surface area contributed by atoms with E-state index in [1.54, 1.807) is 11.3 Å². The second kappa shape index (κ2) is 14.7. The molecule has 5 N–H and O–H groups in total. The summed E-state index contributed by atoms with van der Waals surface area (Å²) in [6.07, 6.45) is 1.65. The van der Waals surface area contributed by atoms with E-state index >= 15 is 0 Å². The number of benzene rings is 1. The minimum atomic E-state index is -2.74. The Labute approximate surface area is 231 Å². The summed E-state index contributed by atoms with van der Waals surface area (Å²) >= 11 is 1.63. The lowest BCUT2D eigenvalue weighted by atomic mass is 9.96. The Hall–Kier alpha value is -3.35. The molecular weight excluding hydrogens is 526 g/mol. The van der Waals surface area contributed by atoms with Crippen LogP contribution < -0.4 is 5.32 Å². The minimum Gasteiger partial charge on any atom is -0.481 e. The van der Waals surface area contributed by atoms with E-state index in [2.05, 4.69) is 53.3 Å². The summed E-state index contributed by atoms with van der Waals surface area (Å²) in [6.45, 7) is 9.53. The van der Waals surface area contributed by atoms with Gasteiger partial charge in [-0.1, -0.05) is 36.8 Å². The van der Waals surface area contributed by atoms with E-state index in [1.165, 1.54) is 18.4 Å². The molecule has 1 aromatic carbocycles. The largest absolute Gasteiger partial charge is 0.481 e. The molecule has 1 aromatic heterocycles. The minimum absolute atomic E-state index is 0.105. The molecule has 0 radical (unpaired) electrons. The van der Waals surface area contributed by atoms with Crippen LogP contribution >= 0.6 is 11.3 Å². The normalized spacial score (nSPS) is 14.3. The summed E-state index contributed by atoms with van der Waals surface area (Å²) in [7, 11) is 0. The number of aromatic nitrogens is 1. The molecule has 1 unspecified atom stereocenters. The van der Waals surface area contributed by atoms with E-state index in [4.69, 9.17) is 20.4 Å². The number of rotatable bonds is 12. The average Bonchev–Trinajstić information content (AvgIpc) is 3.47. The number of hydrogen-bond acceptors (Lipinski definition) is 8. The van der Waals surface area contributed by atoms with Gasteiger partial charge in [-0.15, -0.1) is 11.3 Å². The topological polar surface area (TPSA) is 177 Å². The molecule has 1 aliphatic heterocycles. The molecule has 0 aliphatic carbocycles. The highest BCUT2D eigenvalue weighted by Gasteiger charge is 2.40. The van der Waals surface area contributed by atoms with Crippen molar-refractivity contribution < 1.29 is 39.6 Å². The molecule has 11 nitrogen and oxygen atoms in total. The molecule has 2 heterocycles. The number of hydrogen-bond donors (Lipinski definition) is 5. The van der Waals surface area contributed by atoms with Crippen molar-refractivity contribution in [2.45, 2.75) is 70.9 Å². The third kappa shape index (κ3) is 10.4. The summed E-state index contributed by atoms with van der Waals surface area (Å²) in [5.74, 6) is -4.91. The zero-order chi connectivity index (χ0) is 29.2. The lowest BCUT2D eigenvalue weighted by Gasteiger charge is -2.23. The molecule has 12 heteroatoms. The first-order valence-electron chi connectivity index (χ1n) is 12.8. The van der Waals surface area contributed by atoms with Crippen LogP contribution in [0.15, 0.2) is 24.3 Å². The Morgan fingerprint density at radius 3 is 2.08 bits per heavy atom. The number of carboxylic acids is 3. The summed E-state index contributed by atoms with van der Waals surface area (Å²) < 4.78 is 0. The monoisotopic (exact) mass is 563 g/mol. The Bertz CT molecular complexity index is 1130. The maximum atomic E-state index is 12.7. The summed E-state index contributed by atoms with van der Waals surface area (Å²) in [6, 6.07) is 8.60. The van der Waals surface area contributed by atoms with Gasteiger partial charge >= 0.3 is 17.9 Å². The van der Waals surface area contributed by atoms with Crippen LogP contribution in [-0.2, 0) is 25.6 Å². The Morgan fingerprint density at radius 2 is 1.59 bits per heavy atom. The Balaban J connectivity index is 0.000000349. The number of aliphatic carboxylic acids is 3. The maximum absolute atomic E-state index is 12.7. The van der Waals surface area contributed by atoms with E-state index in [9.17, 15) is 19.2 Å². The number of likely N-dealkylation sites (tertiary alicyclic amines) is 1. The fraction of sp³-hybridized carbons (Fsp3) is 0.519. The lowest BCUT2D eigenvalue weighted by molar-refractivity contribution is -0.170. The highest BCUT2D eigenvalue weighted by Crippen LogP contribution is 2.29. The van der Waals surface area contributed by atoms with Crippen LogP contribution in [0.1, 0.15) is 54.5 Å².